The van der Waals surface area contributed by atoms with Crippen LogP contribution in [-0.2, 0) is 13.1 Å². The highest BCUT2D eigenvalue weighted by Gasteiger charge is 2.21. The molecule has 2 aromatic heterocycles. The summed E-state index contributed by atoms with van der Waals surface area (Å²) in [7, 11) is 0. The first-order chi connectivity index (χ1) is 10.5. The Balaban J connectivity index is 2.14. The molecule has 118 valence electrons. The number of hydrogen-bond acceptors (Lipinski definition) is 6. The molecule has 7 heteroatoms. The molecule has 0 aliphatic heterocycles. The number of nitrogens with zero attached hydrogens (tertiary/aromatic N) is 3. The highest BCUT2D eigenvalue weighted by atomic mass is 16.5. The number of carbonyl (C=O) groups excluding carboxylic acids is 1. The van der Waals surface area contributed by atoms with Crippen LogP contribution in [0.2, 0.25) is 0 Å². The summed E-state index contributed by atoms with van der Waals surface area (Å²) in [6.45, 7) is 6.02. The lowest BCUT2D eigenvalue weighted by Gasteiger charge is -2.23. The monoisotopic (exact) mass is 304 g/mol. The maximum Gasteiger partial charge on any atom is 0.291 e. The summed E-state index contributed by atoms with van der Waals surface area (Å²) in [4.78, 5) is 17.3. The van der Waals surface area contributed by atoms with E-state index < -0.39 is 5.91 Å². The lowest BCUT2D eigenvalue weighted by Crippen LogP contribution is -2.27. The fourth-order valence-corrected chi connectivity index (χ4v) is 2.25. The number of amides is 1. The van der Waals surface area contributed by atoms with Gasteiger partial charge in [-0.25, -0.2) is 0 Å². The normalized spacial score (nSPS) is 11.3. The molecular weight excluding hydrogens is 284 g/mol. The van der Waals surface area contributed by atoms with Gasteiger partial charge in [-0.15, -0.1) is 0 Å². The van der Waals surface area contributed by atoms with Crippen LogP contribution in [0.1, 0.15) is 35.7 Å². The van der Waals surface area contributed by atoms with Crippen molar-refractivity contribution in [1.82, 2.24) is 15.0 Å². The highest BCUT2D eigenvalue weighted by Crippen LogP contribution is 2.23. The Labute approximate surface area is 128 Å². The van der Waals surface area contributed by atoms with Crippen LogP contribution in [0.3, 0.4) is 0 Å². The quantitative estimate of drug-likeness (QED) is 0.803. The van der Waals surface area contributed by atoms with Gasteiger partial charge in [0.2, 0.25) is 0 Å². The van der Waals surface area contributed by atoms with Gasteiger partial charge in [0, 0.05) is 32.0 Å². The minimum absolute atomic E-state index is 0.285. The zero-order valence-corrected chi connectivity index (χ0v) is 12.7. The molecule has 0 aromatic carbocycles. The van der Waals surface area contributed by atoms with E-state index in [0.29, 0.717) is 24.7 Å². The van der Waals surface area contributed by atoms with E-state index in [2.05, 4.69) is 28.9 Å². The van der Waals surface area contributed by atoms with E-state index in [-0.39, 0.29) is 11.5 Å². The van der Waals surface area contributed by atoms with E-state index in [4.69, 9.17) is 10.3 Å². The van der Waals surface area contributed by atoms with Crippen LogP contribution in [0.25, 0.3) is 0 Å². The Kier molecular flexibility index (Phi) is 5.11. The van der Waals surface area contributed by atoms with E-state index in [1.165, 1.54) is 0 Å². The number of aromatic nitrogens is 2. The van der Waals surface area contributed by atoms with Crippen LogP contribution >= 0.6 is 0 Å². The molecule has 2 rings (SSSR count). The Morgan fingerprint density at radius 1 is 1.45 bits per heavy atom. The first-order valence-electron chi connectivity index (χ1n) is 7.06. The Bertz CT molecular complexity index is 625. The van der Waals surface area contributed by atoms with E-state index in [0.717, 1.165) is 12.1 Å². The summed E-state index contributed by atoms with van der Waals surface area (Å²) < 4.78 is 4.80. The molecule has 3 N–H and O–H groups in total. The molecule has 0 aliphatic rings. The van der Waals surface area contributed by atoms with Crippen molar-refractivity contribution in [1.29, 1.82) is 0 Å². The Hall–Kier alpha value is -2.41. The van der Waals surface area contributed by atoms with E-state index in [9.17, 15) is 9.90 Å². The number of hydrogen-bond donors (Lipinski definition) is 2. The number of nitrogens with two attached hydrogens (primary N) is 1. The van der Waals surface area contributed by atoms with Gasteiger partial charge in [0.1, 0.15) is 5.69 Å². The van der Waals surface area contributed by atoms with E-state index in [1.54, 1.807) is 12.4 Å². The van der Waals surface area contributed by atoms with Gasteiger partial charge in [0.05, 0.1) is 0 Å². The number of carbonyl (C=O) groups is 1. The van der Waals surface area contributed by atoms with Crippen LogP contribution < -0.4 is 5.73 Å². The largest absolute Gasteiger partial charge is 0.503 e. The molecule has 0 spiro atoms. The molecule has 0 radical (unpaired) electrons. The Morgan fingerprint density at radius 3 is 2.77 bits per heavy atom. The number of pyridine rings is 1. The van der Waals surface area contributed by atoms with Gasteiger partial charge in [-0.05, 0) is 17.5 Å². The van der Waals surface area contributed by atoms with Crippen LogP contribution in [0.5, 0.6) is 5.75 Å². The van der Waals surface area contributed by atoms with Crippen molar-refractivity contribution in [3.05, 3.63) is 41.5 Å². The summed E-state index contributed by atoms with van der Waals surface area (Å²) in [5.74, 6) is -0.992. The molecule has 0 aliphatic carbocycles. The molecule has 7 nitrogen and oxygen atoms in total. The predicted octanol–water partition coefficient (Wildman–Crippen LogP) is 1.53. The maximum atomic E-state index is 11.1. The van der Waals surface area contributed by atoms with Crippen molar-refractivity contribution in [3.8, 4) is 5.75 Å². The summed E-state index contributed by atoms with van der Waals surface area (Å²) in [5.41, 5.74) is 6.47. The summed E-state index contributed by atoms with van der Waals surface area (Å²) in [5, 5.41) is 13.7. The van der Waals surface area contributed by atoms with Crippen molar-refractivity contribution >= 4 is 5.91 Å². The second-order valence-corrected chi connectivity index (χ2v) is 5.60. The first-order valence-corrected chi connectivity index (χ1v) is 7.06. The summed E-state index contributed by atoms with van der Waals surface area (Å²) >= 11 is 0. The predicted molar refractivity (Wildman–Crippen MR) is 79.9 cm³/mol. The van der Waals surface area contributed by atoms with Crippen molar-refractivity contribution in [3.63, 3.8) is 0 Å². The third kappa shape index (κ3) is 4.05. The molecule has 0 atom stereocenters. The van der Waals surface area contributed by atoms with Gasteiger partial charge in [-0.2, -0.15) is 0 Å². The molecule has 1 amide bonds. The van der Waals surface area contributed by atoms with Gasteiger partial charge in [-0.1, -0.05) is 25.1 Å². The third-order valence-electron chi connectivity index (χ3n) is 3.09. The van der Waals surface area contributed by atoms with Gasteiger partial charge in [0.15, 0.2) is 5.75 Å². The highest BCUT2D eigenvalue weighted by molar-refractivity contribution is 5.92. The molecule has 2 aromatic rings. The molecule has 0 fully saturated rings. The molecular formula is C15H20N4O3. The van der Waals surface area contributed by atoms with Gasteiger partial charge >= 0.3 is 0 Å². The standard InChI is InChI=1S/C15H20N4O3/c1-10(2)7-19(8-11-4-3-5-17-6-11)9-12-13(20)14(15(16)21)22-18-12/h3-6,10,20H,7-9H2,1-2H3,(H2,16,21). The molecule has 0 unspecified atom stereocenters. The summed E-state index contributed by atoms with van der Waals surface area (Å²) in [6.07, 6.45) is 3.52. The summed E-state index contributed by atoms with van der Waals surface area (Å²) in [6, 6.07) is 3.86. The van der Waals surface area contributed by atoms with Gasteiger partial charge in [-0.3, -0.25) is 14.7 Å². The smallest absolute Gasteiger partial charge is 0.291 e. The van der Waals surface area contributed by atoms with Gasteiger partial charge in [0.25, 0.3) is 11.7 Å². The number of rotatable bonds is 7. The zero-order valence-electron chi connectivity index (χ0n) is 12.7. The molecule has 0 saturated carbocycles. The van der Waals surface area contributed by atoms with Crippen molar-refractivity contribution in [2.45, 2.75) is 26.9 Å². The fourth-order valence-electron chi connectivity index (χ4n) is 2.25. The lowest BCUT2D eigenvalue weighted by atomic mass is 10.1. The van der Waals surface area contributed by atoms with Crippen LogP contribution in [0, 0.1) is 5.92 Å². The average molecular weight is 304 g/mol. The van der Waals surface area contributed by atoms with Crippen LogP contribution in [0.15, 0.2) is 29.0 Å². The van der Waals surface area contributed by atoms with Crippen molar-refractivity contribution < 1.29 is 14.4 Å². The first kappa shape index (κ1) is 16.0. The zero-order chi connectivity index (χ0) is 16.1. The maximum absolute atomic E-state index is 11.1. The minimum Gasteiger partial charge on any atom is -0.503 e. The second kappa shape index (κ2) is 7.04. The molecule has 2 heterocycles. The molecule has 0 saturated heterocycles. The fraction of sp³-hybridized carbons (Fsp3) is 0.400. The number of aromatic hydroxyl groups is 1. The van der Waals surface area contributed by atoms with E-state index >= 15 is 0 Å². The Morgan fingerprint density at radius 2 is 2.23 bits per heavy atom. The van der Waals surface area contributed by atoms with Crippen LogP contribution in [-0.4, -0.2) is 32.6 Å². The SMILES string of the molecule is CC(C)CN(Cc1cccnc1)Cc1noc(C(N)=O)c1O. The second-order valence-electron chi connectivity index (χ2n) is 5.60. The minimum atomic E-state index is -0.834. The molecule has 0 bridgehead atoms. The lowest BCUT2D eigenvalue weighted by molar-refractivity contribution is 0.0961. The molecule has 22 heavy (non-hydrogen) atoms. The van der Waals surface area contributed by atoms with E-state index in [1.807, 2.05) is 12.1 Å². The average Bonchev–Trinajstić information content (AvgIpc) is 2.80. The van der Waals surface area contributed by atoms with Gasteiger partial charge < -0.3 is 15.4 Å². The number of primary amides is 1. The van der Waals surface area contributed by atoms with Crippen molar-refractivity contribution in [2.24, 2.45) is 11.7 Å². The van der Waals surface area contributed by atoms with Crippen LogP contribution in [0.4, 0.5) is 0 Å². The third-order valence-corrected chi connectivity index (χ3v) is 3.09. The van der Waals surface area contributed by atoms with Crippen molar-refractivity contribution in [2.75, 3.05) is 6.54 Å². The topological polar surface area (TPSA) is 105 Å².